The summed E-state index contributed by atoms with van der Waals surface area (Å²) in [5.74, 6) is 0. The average molecular weight is 802 g/mol. The zero-order valence-electron chi connectivity index (χ0n) is 35.0. The molecule has 11 aromatic rings. The molecule has 0 bridgehead atoms. The molecule has 11 rings (SSSR count). The Hall–Kier alpha value is -8.13. The lowest BCUT2D eigenvalue weighted by atomic mass is 9.83. The molecule has 0 aliphatic rings. The van der Waals surface area contributed by atoms with Gasteiger partial charge < -0.3 is 0 Å². The number of aromatic nitrogens is 1. The second kappa shape index (κ2) is 16.4. The van der Waals surface area contributed by atoms with Crippen molar-refractivity contribution in [3.8, 4) is 89.3 Å². The van der Waals surface area contributed by atoms with E-state index in [4.69, 9.17) is 4.98 Å². The fraction of sp³-hybridized carbons (Fsp3) is 0.0161. The molecule has 10 aromatic carbocycles. The van der Waals surface area contributed by atoms with Crippen LogP contribution in [0.1, 0.15) is 5.56 Å². The molecule has 63 heavy (non-hydrogen) atoms. The van der Waals surface area contributed by atoms with E-state index in [0.717, 1.165) is 44.8 Å². The zero-order chi connectivity index (χ0) is 42.1. The molecule has 0 atom stereocenters. The zero-order valence-corrected chi connectivity index (χ0v) is 35.0. The molecule has 0 fully saturated rings. The van der Waals surface area contributed by atoms with Gasteiger partial charge in [-0.2, -0.15) is 0 Å². The normalized spacial score (nSPS) is 11.3. The van der Waals surface area contributed by atoms with Gasteiger partial charge in [-0.15, -0.1) is 0 Å². The first-order valence-corrected chi connectivity index (χ1v) is 21.7. The van der Waals surface area contributed by atoms with Crippen LogP contribution in [-0.2, 0) is 0 Å². The monoisotopic (exact) mass is 801 g/mol. The first kappa shape index (κ1) is 37.8. The van der Waals surface area contributed by atoms with Gasteiger partial charge in [0.1, 0.15) is 0 Å². The highest BCUT2D eigenvalue weighted by molar-refractivity contribution is 6.21. The molecule has 0 saturated heterocycles. The maximum atomic E-state index is 5.37. The lowest BCUT2D eigenvalue weighted by Gasteiger charge is -2.20. The average Bonchev–Trinajstić information content (AvgIpc) is 3.37. The summed E-state index contributed by atoms with van der Waals surface area (Å²) in [5.41, 5.74) is 19.6. The minimum atomic E-state index is 0.934. The van der Waals surface area contributed by atoms with Gasteiger partial charge in [0.05, 0.1) is 11.4 Å². The van der Waals surface area contributed by atoms with E-state index in [1.807, 2.05) is 0 Å². The van der Waals surface area contributed by atoms with Crippen molar-refractivity contribution in [2.75, 3.05) is 0 Å². The molecule has 0 aliphatic heterocycles. The number of rotatable bonds is 8. The van der Waals surface area contributed by atoms with Crippen molar-refractivity contribution in [2.45, 2.75) is 6.92 Å². The van der Waals surface area contributed by atoms with E-state index in [9.17, 15) is 0 Å². The summed E-state index contributed by atoms with van der Waals surface area (Å²) in [6.07, 6.45) is 0. The number of nitrogens with zero attached hydrogens (tertiary/aromatic N) is 1. The van der Waals surface area contributed by atoms with E-state index in [1.165, 1.54) is 71.6 Å². The van der Waals surface area contributed by atoms with Crippen LogP contribution in [-0.4, -0.2) is 4.98 Å². The van der Waals surface area contributed by atoms with E-state index in [1.54, 1.807) is 0 Å². The molecular weight excluding hydrogens is 759 g/mol. The number of fused-ring (bicyclic) bond motifs is 3. The van der Waals surface area contributed by atoms with Gasteiger partial charge in [0.25, 0.3) is 0 Å². The first-order valence-electron chi connectivity index (χ1n) is 21.7. The van der Waals surface area contributed by atoms with Gasteiger partial charge in [0.2, 0.25) is 0 Å². The van der Waals surface area contributed by atoms with E-state index >= 15 is 0 Å². The Bertz CT molecular complexity index is 3340. The van der Waals surface area contributed by atoms with Crippen molar-refractivity contribution < 1.29 is 0 Å². The second-order valence-corrected chi connectivity index (χ2v) is 16.3. The maximum Gasteiger partial charge on any atom is 0.0716 e. The Labute approximate surface area is 369 Å². The second-order valence-electron chi connectivity index (χ2n) is 16.3. The van der Waals surface area contributed by atoms with Crippen molar-refractivity contribution in [2.24, 2.45) is 0 Å². The molecule has 0 aliphatic carbocycles. The van der Waals surface area contributed by atoms with Gasteiger partial charge >= 0.3 is 0 Å². The van der Waals surface area contributed by atoms with Crippen LogP contribution in [0.5, 0.6) is 0 Å². The highest BCUT2D eigenvalue weighted by Gasteiger charge is 2.20. The van der Waals surface area contributed by atoms with Crippen LogP contribution >= 0.6 is 0 Å². The summed E-state index contributed by atoms with van der Waals surface area (Å²) < 4.78 is 0. The minimum Gasteiger partial charge on any atom is -0.248 e. The molecule has 1 aromatic heterocycles. The van der Waals surface area contributed by atoms with Gasteiger partial charge in [0.15, 0.2) is 0 Å². The molecule has 0 amide bonds. The van der Waals surface area contributed by atoms with Crippen molar-refractivity contribution in [3.05, 3.63) is 248 Å². The van der Waals surface area contributed by atoms with Crippen molar-refractivity contribution in [1.29, 1.82) is 0 Å². The smallest absolute Gasteiger partial charge is 0.0716 e. The summed E-state index contributed by atoms with van der Waals surface area (Å²) in [4.78, 5) is 5.37. The SMILES string of the molecule is Cc1c(-c2ccccc2)cc(-c2ccccc2)c2c1c(-c1ccc(-c3cc(-c4ccccc4)nc(-c4cc(-c5ccccc5)cc(-c5ccccc5)c4)c3)cc1)cc1ccccc12. The van der Waals surface area contributed by atoms with Gasteiger partial charge in [-0.05, 0) is 143 Å². The number of pyridine rings is 1. The van der Waals surface area contributed by atoms with Gasteiger partial charge in [-0.25, -0.2) is 4.98 Å². The highest BCUT2D eigenvalue weighted by Crippen LogP contribution is 2.46. The predicted molar refractivity (Wildman–Crippen MR) is 267 cm³/mol. The third kappa shape index (κ3) is 7.30. The molecule has 0 unspecified atom stereocenters. The van der Waals surface area contributed by atoms with E-state index in [-0.39, 0.29) is 0 Å². The van der Waals surface area contributed by atoms with Gasteiger partial charge in [0, 0.05) is 11.1 Å². The number of benzene rings is 10. The lowest BCUT2D eigenvalue weighted by molar-refractivity contribution is 1.32. The van der Waals surface area contributed by atoms with Crippen LogP contribution in [0.4, 0.5) is 0 Å². The molecule has 1 heteroatoms. The van der Waals surface area contributed by atoms with Crippen LogP contribution < -0.4 is 0 Å². The molecule has 0 N–H and O–H groups in total. The lowest BCUT2D eigenvalue weighted by Crippen LogP contribution is -1.95. The molecule has 0 radical (unpaired) electrons. The van der Waals surface area contributed by atoms with Crippen LogP contribution in [0.25, 0.3) is 111 Å². The first-order chi connectivity index (χ1) is 31.1. The largest absolute Gasteiger partial charge is 0.248 e. The molecule has 1 nitrogen and oxygen atoms in total. The van der Waals surface area contributed by atoms with Crippen LogP contribution in [0.15, 0.2) is 243 Å². The molecule has 1 heterocycles. The van der Waals surface area contributed by atoms with E-state index in [2.05, 4.69) is 250 Å². The van der Waals surface area contributed by atoms with Gasteiger partial charge in [-0.3, -0.25) is 0 Å². The van der Waals surface area contributed by atoms with Crippen molar-refractivity contribution in [1.82, 2.24) is 4.98 Å². The van der Waals surface area contributed by atoms with Crippen LogP contribution in [0.3, 0.4) is 0 Å². The maximum absolute atomic E-state index is 5.37. The fourth-order valence-corrected chi connectivity index (χ4v) is 9.28. The molecular formula is C62H43N. The van der Waals surface area contributed by atoms with E-state index < -0.39 is 0 Å². The minimum absolute atomic E-state index is 0.934. The third-order valence-corrected chi connectivity index (χ3v) is 12.4. The summed E-state index contributed by atoms with van der Waals surface area (Å²) in [7, 11) is 0. The number of hydrogen-bond donors (Lipinski definition) is 0. The Morgan fingerprint density at radius 3 is 1.21 bits per heavy atom. The Balaban J connectivity index is 1.10. The van der Waals surface area contributed by atoms with Crippen LogP contribution in [0, 0.1) is 6.92 Å². The molecule has 0 spiro atoms. The summed E-state index contributed by atoms with van der Waals surface area (Å²) in [5, 5.41) is 5.06. The Morgan fingerprint density at radius 1 is 0.254 bits per heavy atom. The standard InChI is InChI=1S/C62H43N/c1-42-56(46-23-11-4-12-24-46)41-58(47-25-13-5-14-26-47)62-55-30-18-17-29-50(55)38-57(61(42)62)48-33-31-45(32-34-48)53-39-59(49-27-15-6-16-28-49)63-60(40-53)54-36-51(43-19-7-2-8-20-43)35-52(37-54)44-21-9-3-10-22-44/h2-41H,1H3. The summed E-state index contributed by atoms with van der Waals surface area (Å²) in [6.45, 7) is 2.30. The topological polar surface area (TPSA) is 12.9 Å². The number of hydrogen-bond acceptors (Lipinski definition) is 1. The summed E-state index contributed by atoms with van der Waals surface area (Å²) in [6, 6.07) is 87.7. The Kier molecular flexibility index (Phi) is 9.84. The van der Waals surface area contributed by atoms with Crippen molar-refractivity contribution >= 4 is 21.5 Å². The summed E-state index contributed by atoms with van der Waals surface area (Å²) >= 11 is 0. The molecule has 296 valence electrons. The Morgan fingerprint density at radius 2 is 0.635 bits per heavy atom. The quantitative estimate of drug-likeness (QED) is 0.140. The van der Waals surface area contributed by atoms with Crippen molar-refractivity contribution in [3.63, 3.8) is 0 Å². The number of aryl methyl sites for hydroxylation is 1. The third-order valence-electron chi connectivity index (χ3n) is 12.4. The van der Waals surface area contributed by atoms with E-state index in [0.29, 0.717) is 0 Å². The van der Waals surface area contributed by atoms with Crippen LogP contribution in [0.2, 0.25) is 0 Å². The molecule has 0 saturated carbocycles. The highest BCUT2D eigenvalue weighted by atomic mass is 14.7. The fourth-order valence-electron chi connectivity index (χ4n) is 9.28. The van der Waals surface area contributed by atoms with Gasteiger partial charge in [-0.1, -0.05) is 200 Å². The predicted octanol–water partition coefficient (Wildman–Crippen LogP) is 17.0.